The summed E-state index contributed by atoms with van der Waals surface area (Å²) in [5.41, 5.74) is 8.93. The van der Waals surface area contributed by atoms with Gasteiger partial charge in [0.1, 0.15) is 0 Å². The lowest BCUT2D eigenvalue weighted by atomic mass is 10.0. The second-order valence-corrected chi connectivity index (χ2v) is 19.6. The van der Waals surface area contributed by atoms with Crippen LogP contribution in [0.25, 0.3) is 87.7 Å². The first-order chi connectivity index (χ1) is 31.5. The topological polar surface area (TPSA) is 207 Å². The van der Waals surface area contributed by atoms with Gasteiger partial charge in [-0.3, -0.25) is 0 Å². The lowest BCUT2D eigenvalue weighted by Crippen LogP contribution is -1.96. The van der Waals surface area contributed by atoms with Crippen molar-refractivity contribution in [1.82, 2.24) is 19.9 Å². The Morgan fingerprint density at radius 1 is 0.364 bits per heavy atom. The molecular formula is C48H24Br6N4O8. The van der Waals surface area contributed by atoms with Crippen LogP contribution in [-0.4, -0.2) is 64.2 Å². The van der Waals surface area contributed by atoms with Crippen LogP contribution < -0.4 is 0 Å². The summed E-state index contributed by atoms with van der Waals surface area (Å²) in [5.74, 6) is -4.39. The maximum atomic E-state index is 12.0. The fourth-order valence-corrected chi connectivity index (χ4v) is 10.7. The molecule has 2 aliphatic rings. The highest BCUT2D eigenvalue weighted by Gasteiger charge is 2.28. The zero-order valence-corrected chi connectivity index (χ0v) is 42.5. The number of fused-ring (bicyclic) bond motifs is 8. The van der Waals surface area contributed by atoms with Crippen LogP contribution in [0.4, 0.5) is 0 Å². The fraction of sp³-hybridized carbons (Fsp3) is 0. The zero-order chi connectivity index (χ0) is 46.9. The molecule has 0 radical (unpaired) electrons. The molecule has 9 rings (SSSR count). The number of benzene rings is 4. The van der Waals surface area contributed by atoms with E-state index in [1.807, 2.05) is 12.2 Å². The number of halogens is 6. The van der Waals surface area contributed by atoms with Crippen molar-refractivity contribution in [2.45, 2.75) is 0 Å². The van der Waals surface area contributed by atoms with E-state index < -0.39 is 23.9 Å². The summed E-state index contributed by atoms with van der Waals surface area (Å²) in [6.45, 7) is 0. The van der Waals surface area contributed by atoms with Gasteiger partial charge in [-0.25, -0.2) is 29.1 Å². The number of nitrogens with one attached hydrogen (secondary N) is 2. The number of H-pyrrole nitrogens is 2. The minimum Gasteiger partial charge on any atom is -0.478 e. The first-order valence-corrected chi connectivity index (χ1v) is 23.9. The van der Waals surface area contributed by atoms with E-state index in [9.17, 15) is 39.6 Å². The number of aromatic nitrogens is 4. The number of aromatic amines is 2. The van der Waals surface area contributed by atoms with Crippen LogP contribution in [0, 0.1) is 0 Å². The predicted molar refractivity (Wildman–Crippen MR) is 275 cm³/mol. The van der Waals surface area contributed by atoms with Crippen LogP contribution in [0.2, 0.25) is 0 Å². The summed E-state index contributed by atoms with van der Waals surface area (Å²) in [4.78, 5) is 65.9. The standard InChI is InChI=1S/C48H24Br6N4O8/c49-27-17-29-31(19-1-9-23(10-2-19)45(59)60)41-35(51)37(53)43(57-41)34(22-7-15-26(16-8-22)48(65)66)40-28(50)18-30(56-40)32(20-3-11-24(12-4-20)46(61)62)42-36(52)38(54)44(58-42)33(39(27)55-29)21-5-13-25(14-6-21)47(63)64/h1-18,57-58H,(H,59,60)(H,61,62)(H,63,64)(H,65,66). The van der Waals surface area contributed by atoms with Crippen molar-refractivity contribution in [3.8, 4) is 44.5 Å². The quantitative estimate of drug-likeness (QED) is 0.0849. The Kier molecular flexibility index (Phi) is 12.2. The monoisotopic (exact) mass is 1260 g/mol. The molecule has 0 unspecified atom stereocenters. The van der Waals surface area contributed by atoms with Gasteiger partial charge in [-0.1, -0.05) is 48.5 Å². The van der Waals surface area contributed by atoms with E-state index in [1.54, 1.807) is 48.5 Å². The lowest BCUT2D eigenvalue weighted by molar-refractivity contribution is 0.0686. The van der Waals surface area contributed by atoms with Crippen LogP contribution in [0.3, 0.4) is 0 Å². The highest BCUT2D eigenvalue weighted by molar-refractivity contribution is 9.15. The van der Waals surface area contributed by atoms with Crippen molar-refractivity contribution in [2.75, 3.05) is 0 Å². The van der Waals surface area contributed by atoms with Gasteiger partial charge in [0, 0.05) is 31.2 Å². The third-order valence-corrected chi connectivity index (χ3v) is 16.3. The third kappa shape index (κ3) is 8.02. The van der Waals surface area contributed by atoms with E-state index in [0.29, 0.717) is 116 Å². The molecule has 5 heterocycles. The van der Waals surface area contributed by atoms with Gasteiger partial charge in [-0.05, 0) is 179 Å². The molecule has 0 spiro atoms. The number of aromatic carboxylic acids is 4. The molecule has 66 heavy (non-hydrogen) atoms. The summed E-state index contributed by atoms with van der Waals surface area (Å²) in [7, 11) is 0. The van der Waals surface area contributed by atoms with E-state index in [1.165, 1.54) is 48.5 Å². The first-order valence-electron chi connectivity index (χ1n) is 19.2. The predicted octanol–water partition coefficient (Wildman–Crippen LogP) is 14.6. The summed E-state index contributed by atoms with van der Waals surface area (Å²) in [6, 6.07) is 25.6. The van der Waals surface area contributed by atoms with Crippen molar-refractivity contribution < 1.29 is 39.6 Å². The van der Waals surface area contributed by atoms with Gasteiger partial charge in [0.05, 0.1) is 85.0 Å². The average Bonchev–Trinajstić information content (AvgIpc) is 4.03. The molecule has 7 aromatic rings. The van der Waals surface area contributed by atoms with Crippen molar-refractivity contribution >= 4 is 163 Å². The molecule has 6 N–H and O–H groups in total. The van der Waals surface area contributed by atoms with Gasteiger partial charge in [0.2, 0.25) is 0 Å². The van der Waals surface area contributed by atoms with Gasteiger partial charge >= 0.3 is 23.9 Å². The van der Waals surface area contributed by atoms with E-state index >= 15 is 0 Å². The Labute approximate surface area is 423 Å². The summed E-state index contributed by atoms with van der Waals surface area (Å²) in [6.07, 6.45) is 3.68. The largest absolute Gasteiger partial charge is 0.478 e. The second kappa shape index (κ2) is 17.8. The molecule has 8 bridgehead atoms. The van der Waals surface area contributed by atoms with E-state index in [-0.39, 0.29) is 22.3 Å². The first kappa shape index (κ1) is 45.4. The highest BCUT2D eigenvalue weighted by atomic mass is 79.9. The zero-order valence-electron chi connectivity index (χ0n) is 33.0. The van der Waals surface area contributed by atoms with Crippen molar-refractivity contribution in [3.05, 3.63) is 160 Å². The van der Waals surface area contributed by atoms with Gasteiger partial charge in [0.25, 0.3) is 0 Å². The van der Waals surface area contributed by atoms with E-state index in [2.05, 4.69) is 106 Å². The van der Waals surface area contributed by atoms with Gasteiger partial charge in [-0.15, -0.1) is 0 Å². The molecule has 0 fully saturated rings. The summed E-state index contributed by atoms with van der Waals surface area (Å²) >= 11 is 23.1. The fourth-order valence-electron chi connectivity index (χ4n) is 7.75. The van der Waals surface area contributed by atoms with E-state index in [4.69, 9.17) is 9.97 Å². The smallest absolute Gasteiger partial charge is 0.335 e. The number of nitrogens with zero attached hydrogens (tertiary/aromatic N) is 2. The van der Waals surface area contributed by atoms with E-state index in [0.717, 1.165) is 0 Å². The molecule has 326 valence electrons. The lowest BCUT2D eigenvalue weighted by Gasteiger charge is -2.08. The number of hydrogen-bond donors (Lipinski definition) is 6. The normalized spacial score (nSPS) is 12.2. The van der Waals surface area contributed by atoms with Crippen molar-refractivity contribution in [1.29, 1.82) is 0 Å². The van der Waals surface area contributed by atoms with Gasteiger partial charge in [0.15, 0.2) is 0 Å². The molecule has 2 aliphatic heterocycles. The molecule has 0 saturated carbocycles. The molecule has 0 amide bonds. The molecule has 18 heteroatoms. The maximum absolute atomic E-state index is 12.0. The number of carboxylic acid groups (broad SMARTS) is 4. The highest BCUT2D eigenvalue weighted by Crippen LogP contribution is 2.49. The molecular weight excluding hydrogens is 1240 g/mol. The molecule has 12 nitrogen and oxygen atoms in total. The van der Waals surface area contributed by atoms with Crippen molar-refractivity contribution in [2.24, 2.45) is 0 Å². The summed E-state index contributed by atoms with van der Waals surface area (Å²) in [5, 5.41) is 39.3. The Balaban J connectivity index is 1.55. The Morgan fingerprint density at radius 3 is 0.833 bits per heavy atom. The molecule has 3 aromatic heterocycles. The average molecular weight is 1260 g/mol. The minimum absolute atomic E-state index is 0.0756. The van der Waals surface area contributed by atoms with Crippen LogP contribution in [0.15, 0.2) is 115 Å². The van der Waals surface area contributed by atoms with Crippen LogP contribution in [-0.2, 0) is 0 Å². The Hall–Kier alpha value is -5.76. The molecule has 0 saturated heterocycles. The number of hydrogen-bond acceptors (Lipinski definition) is 6. The van der Waals surface area contributed by atoms with Crippen LogP contribution in [0.1, 0.15) is 64.2 Å². The van der Waals surface area contributed by atoms with Crippen LogP contribution >= 0.6 is 95.6 Å². The second-order valence-electron chi connectivity index (χ2n) is 14.7. The molecule has 4 aromatic carbocycles. The van der Waals surface area contributed by atoms with Crippen molar-refractivity contribution in [3.63, 3.8) is 0 Å². The van der Waals surface area contributed by atoms with Gasteiger partial charge in [-0.2, -0.15) is 0 Å². The molecule has 0 atom stereocenters. The third-order valence-electron chi connectivity index (χ3n) is 10.9. The Morgan fingerprint density at radius 2 is 0.591 bits per heavy atom. The van der Waals surface area contributed by atoms with Gasteiger partial charge < -0.3 is 30.4 Å². The minimum atomic E-state index is -1.10. The molecule has 0 aliphatic carbocycles. The number of carbonyl (C=O) groups is 4. The number of rotatable bonds is 8. The SMILES string of the molecule is O=C(O)c1ccc(-c2c3nc(c(-c4ccc(C(=O)O)cc4)c4[nH]c(c(Br)c4Br)c(-c4ccc(C(=O)O)cc4)c4nc(c(-c5ccc(C(=O)O)cc5)c5[nH]c2c(Br)c5Br)C(Br)=C4)C(Br)=C3)cc1. The number of carboxylic acids is 4. The van der Waals surface area contributed by atoms with Crippen LogP contribution in [0.5, 0.6) is 0 Å². The Bertz CT molecular complexity index is 3290. The maximum Gasteiger partial charge on any atom is 0.335 e. The summed E-state index contributed by atoms with van der Waals surface area (Å²) < 4.78 is 3.40.